The van der Waals surface area contributed by atoms with Crippen molar-refractivity contribution in [3.05, 3.63) is 0 Å². The maximum atomic E-state index is 13.3. The van der Waals surface area contributed by atoms with Crippen molar-refractivity contribution in [3.63, 3.8) is 0 Å². The molecule has 0 bridgehead atoms. The van der Waals surface area contributed by atoms with E-state index in [1.165, 1.54) is 20.8 Å². The van der Waals surface area contributed by atoms with E-state index in [-0.39, 0.29) is 12.9 Å². The van der Waals surface area contributed by atoms with Crippen molar-refractivity contribution in [2.75, 3.05) is 72.7 Å². The zero-order chi connectivity index (χ0) is 108. The smallest absolute Gasteiger partial charge is 0.332 e. The van der Waals surface area contributed by atoms with E-state index >= 15 is 0 Å². The van der Waals surface area contributed by atoms with E-state index in [0.29, 0.717) is 0 Å². The third kappa shape index (κ3) is 27.1. The molecule has 0 radical (unpaired) electrons. The van der Waals surface area contributed by atoms with Gasteiger partial charge in [-0.3, -0.25) is 28.8 Å². The number of ether oxygens (including phenoxy) is 23. The number of amides is 4. The van der Waals surface area contributed by atoms with E-state index in [9.17, 15) is 182 Å². The molecule has 0 aliphatic carbocycles. The lowest BCUT2D eigenvalue weighted by molar-refractivity contribution is -0.424. The van der Waals surface area contributed by atoms with Crippen LogP contribution in [0.2, 0.25) is 0 Å². The zero-order valence-electron chi connectivity index (χ0n) is 79.4. The zero-order valence-corrected chi connectivity index (χ0v) is 79.4. The Bertz CT molecular complexity index is 4070. The van der Waals surface area contributed by atoms with Crippen molar-refractivity contribution >= 4 is 36.6 Å². The molecule has 11 saturated heterocycles. The first kappa shape index (κ1) is 121. The summed E-state index contributed by atoms with van der Waals surface area (Å²) in [5, 5.41) is 349. The number of hydrogen-bond acceptors (Lipinski definition) is 59. The Morgan fingerprint density at radius 1 is 0.308 bits per heavy atom. The minimum absolute atomic E-state index is 0.202. The average molecular weight is 2140 g/mol. The van der Waals surface area contributed by atoms with Gasteiger partial charge in [-0.2, -0.15) is 0 Å². The number of nitrogens with one attached hydrogen (secondary N) is 4. The SMILES string of the molecule is CC(=O)NC1C(O)[C@H](O[C@@H]2OC(CO[C@]3(OC=O)CC(O)[C@@H](C)C([C@H](O)[C@H](O)CO)O3)[C@H](O)[C@H](O)C2O)C(CO)O[C@H]1OC1[C@@H](OCC2O[C@@H](O[C@@H]3C(CO)O[C@@H](O[C@@H]4C(CO)O[C@@H](C)C(NC(C)=O)[C@H]4O)C(NC(C)=O)[C@H]3O)C(O)[C@@H](OC3O[C@H](CO)[C@@H](O)C(O)C3O[C@@H]3OC(CO)[C@@H](O[C@@H]4OC(CO[C@]5(OC=O)CC(O)[C@@H](C)C([C@H](O)[C@H](O)CO)O5)[C@H](O)[C@H](O)C4O)[C@H](O)C3NC(C)=O)[C@@H]2O)OC(CO)[C@@H](O)[C@@H]1O. The molecule has 0 aromatic carbocycles. The molecule has 0 spiro atoms. The van der Waals surface area contributed by atoms with Gasteiger partial charge in [-0.15, -0.1) is 0 Å². The van der Waals surface area contributed by atoms with Gasteiger partial charge in [0.1, 0.15) is 238 Å². The second-order valence-electron chi connectivity index (χ2n) is 37.4. The number of carbonyl (C=O) groups is 6. The van der Waals surface area contributed by atoms with Crippen LogP contribution in [-0.2, 0) is 138 Å². The molecule has 63 nitrogen and oxygen atoms in total. The molecule has 34 N–H and O–H groups in total. The summed E-state index contributed by atoms with van der Waals surface area (Å²) in [4.78, 5) is 76.0. The Morgan fingerprint density at radius 2 is 0.589 bits per heavy atom. The molecular weight excluding hydrogens is 2000 g/mol. The molecular formula is C83H138N4O59. The highest BCUT2D eigenvalue weighted by Crippen LogP contribution is 2.45. The van der Waals surface area contributed by atoms with Crippen LogP contribution in [0.1, 0.15) is 61.3 Å². The fourth-order valence-corrected chi connectivity index (χ4v) is 19.1. The van der Waals surface area contributed by atoms with Crippen LogP contribution in [0.25, 0.3) is 0 Å². The fourth-order valence-electron chi connectivity index (χ4n) is 19.1. The summed E-state index contributed by atoms with van der Waals surface area (Å²) in [7, 11) is 0. The molecule has 11 heterocycles. The fraction of sp³-hybridized carbons (Fsp3) is 0.928. The predicted molar refractivity (Wildman–Crippen MR) is 452 cm³/mol. The van der Waals surface area contributed by atoms with Crippen LogP contribution >= 0.6 is 0 Å². The Morgan fingerprint density at radius 3 is 0.932 bits per heavy atom. The van der Waals surface area contributed by atoms with E-state index in [4.69, 9.17) is 109 Å². The highest BCUT2D eigenvalue weighted by Gasteiger charge is 2.64. The number of hydrogen-bond donors (Lipinski definition) is 34. The first-order valence-corrected chi connectivity index (χ1v) is 46.9. The molecule has 11 aliphatic heterocycles. The van der Waals surface area contributed by atoms with Crippen LogP contribution in [0.5, 0.6) is 0 Å². The standard InChI is InChI=1S/C83H138N4O59/c1-23-30(102)8-82(127-21-96,145-65(23)47(106)32(104)10-88)125-19-41-51(110)58(117)62(121)77(136-41)139-68-37(15-93)133-75(45(56(68)115)86-28(6)100)143-72-60(119)49(108)34(12-90)130-80(72)124-18-40-53(112)71(64(123)79(135-40)141-70-39(17-95)132-74(44(55(70)114)85-27(5)99)138-67-36(14-92)129-25(3)43(54(67)113)84-26(4)98)142-81-73(61(120)50(109)35(13-91)131-81)144-76-46(87-29(7)101)57(116)69(38(16-94)134-76)140-78-63(122)59(118)52(111)42(137-78)20-126-83(128-22-97)9-31(103)24(2)66(146-83)48(107)33(105)11-89/h21-25,30-81,88-95,102-123H,8-20H2,1-7H3,(H,84,98)(H,85,99)(H,86,100)(H,87,101)/t23-,24-,25+,30?,31?,32-,33-,34?,35-,36?,37?,38?,39?,40?,41?,42?,43?,44?,45?,46?,47-,48-,49-,50-,51+,52+,53-,54-,55-,56?,57-,58+,59+,60+,61?,62?,63?,64?,65?,66?,67-,68-,69-,70-,71+,72?,73?,74+,75+,76+,77+,78+,79+,80+,81?,82+,83+/m1/s1. The molecule has 11 rings (SSSR count). The van der Waals surface area contributed by atoms with E-state index in [0.717, 1.165) is 27.7 Å². The van der Waals surface area contributed by atoms with Crippen LogP contribution in [0.4, 0.5) is 0 Å². The molecule has 57 atom stereocenters. The van der Waals surface area contributed by atoms with Crippen molar-refractivity contribution in [2.24, 2.45) is 11.8 Å². The Kier molecular flexibility index (Phi) is 43.8. The number of aliphatic hydroxyl groups excluding tert-OH is 30. The van der Waals surface area contributed by atoms with Gasteiger partial charge in [0.15, 0.2) is 50.3 Å². The predicted octanol–water partition coefficient (Wildman–Crippen LogP) is -22.3. The highest BCUT2D eigenvalue weighted by molar-refractivity contribution is 5.74. The van der Waals surface area contributed by atoms with Gasteiger partial charge in [-0.25, -0.2) is 0 Å². The first-order valence-electron chi connectivity index (χ1n) is 46.9. The number of rotatable bonds is 43. The number of carbonyl (C=O) groups excluding carboxylic acids is 6. The van der Waals surface area contributed by atoms with Crippen molar-refractivity contribution in [2.45, 2.75) is 398 Å². The molecule has 0 aromatic heterocycles. The van der Waals surface area contributed by atoms with Gasteiger partial charge in [0.2, 0.25) is 23.6 Å². The summed E-state index contributed by atoms with van der Waals surface area (Å²) < 4.78 is 137. The summed E-state index contributed by atoms with van der Waals surface area (Å²) in [6.45, 7) is -4.99. The van der Waals surface area contributed by atoms with Crippen molar-refractivity contribution in [1.29, 1.82) is 0 Å². The summed E-state index contributed by atoms with van der Waals surface area (Å²) >= 11 is 0. The molecule has 146 heavy (non-hydrogen) atoms. The lowest BCUT2D eigenvalue weighted by Gasteiger charge is -2.51. The molecule has 4 amide bonds. The van der Waals surface area contributed by atoms with E-state index in [2.05, 4.69) is 21.3 Å². The third-order valence-corrected chi connectivity index (χ3v) is 27.3. The largest absolute Gasteiger partial charge is 0.410 e. The van der Waals surface area contributed by atoms with Gasteiger partial charge in [-0.05, 0) is 6.92 Å². The maximum absolute atomic E-state index is 13.3. The molecule has 0 aromatic rings. The van der Waals surface area contributed by atoms with Gasteiger partial charge >= 0.3 is 11.9 Å². The van der Waals surface area contributed by atoms with E-state index in [1.807, 2.05) is 0 Å². The second kappa shape index (κ2) is 52.8. The van der Waals surface area contributed by atoms with Gasteiger partial charge in [-0.1, -0.05) is 13.8 Å². The first-order chi connectivity index (χ1) is 69.0. The Hall–Kier alpha value is -5.22. The summed E-state index contributed by atoms with van der Waals surface area (Å²) in [5.41, 5.74) is 0. The van der Waals surface area contributed by atoms with Crippen LogP contribution in [0, 0.1) is 11.8 Å². The summed E-state index contributed by atoms with van der Waals surface area (Å²) in [5.74, 6) is -11.2. The van der Waals surface area contributed by atoms with E-state index < -0.39 is 458 Å². The normalized spacial score (nSPS) is 47.5. The minimum atomic E-state index is -2.70. The molecule has 24 unspecified atom stereocenters. The average Bonchev–Trinajstić information content (AvgIpc) is 0.827. The lowest BCUT2D eigenvalue weighted by atomic mass is 9.87. The quantitative estimate of drug-likeness (QED) is 0.0199. The van der Waals surface area contributed by atoms with E-state index in [1.54, 1.807) is 0 Å². The summed E-state index contributed by atoms with van der Waals surface area (Å²) in [6, 6.07) is -7.37. The van der Waals surface area contributed by atoms with Crippen LogP contribution in [0.3, 0.4) is 0 Å². The van der Waals surface area contributed by atoms with Gasteiger partial charge in [0, 0.05) is 39.5 Å². The van der Waals surface area contributed by atoms with Crippen LogP contribution in [0.15, 0.2) is 0 Å². The van der Waals surface area contributed by atoms with Crippen molar-refractivity contribution in [1.82, 2.24) is 21.3 Å². The lowest BCUT2D eigenvalue weighted by Crippen LogP contribution is -2.71. The van der Waals surface area contributed by atoms with Gasteiger partial charge in [0.05, 0.1) is 122 Å². The molecule has 63 heteroatoms. The Balaban J connectivity index is 0.887. The van der Waals surface area contributed by atoms with Crippen LogP contribution < -0.4 is 21.3 Å². The van der Waals surface area contributed by atoms with Crippen molar-refractivity contribution < 1.29 is 291 Å². The van der Waals surface area contributed by atoms with Crippen LogP contribution in [-0.4, -0.2) is 599 Å². The molecule has 844 valence electrons. The molecule has 0 saturated carbocycles. The van der Waals surface area contributed by atoms with Gasteiger partial charge < -0.3 is 283 Å². The molecule has 11 fully saturated rings. The summed E-state index contributed by atoms with van der Waals surface area (Å²) in [6.07, 6.45) is -105. The number of aliphatic hydroxyl groups is 30. The second-order valence-corrected chi connectivity index (χ2v) is 37.4. The highest BCUT2D eigenvalue weighted by atomic mass is 16.9. The monoisotopic (exact) mass is 2130 g/mol. The van der Waals surface area contributed by atoms with Gasteiger partial charge in [0.25, 0.3) is 12.9 Å². The Labute approximate surface area is 828 Å². The minimum Gasteiger partial charge on any atom is -0.410 e. The molecule has 11 aliphatic rings. The maximum Gasteiger partial charge on any atom is 0.332 e. The third-order valence-electron chi connectivity index (χ3n) is 27.3. The topological polar surface area (TPSA) is 970 Å². The van der Waals surface area contributed by atoms with Crippen molar-refractivity contribution in [3.8, 4) is 0 Å².